The van der Waals surface area contributed by atoms with Gasteiger partial charge in [-0.15, -0.1) is 0 Å². The van der Waals surface area contributed by atoms with E-state index in [2.05, 4.69) is 6.92 Å². The number of ether oxygens (including phenoxy) is 1. The largest absolute Gasteiger partial charge is 0.489 e. The fraction of sp³-hybridized carbons (Fsp3) is 0.571. The lowest BCUT2D eigenvalue weighted by Gasteiger charge is -2.42. The molecule has 2 saturated carbocycles. The smallest absolute Gasteiger partial charge is 0.134 e. The van der Waals surface area contributed by atoms with E-state index >= 15 is 4.39 Å². The Bertz CT molecular complexity index is 919. The SMILES string of the molecule is C/C=C/COc1cc(F)c2cc(C3CCC4CC(CCCC)CCC4C3)c(F)cc2c1. The van der Waals surface area contributed by atoms with Crippen LogP contribution in [0.25, 0.3) is 10.8 Å². The Labute approximate surface area is 185 Å². The van der Waals surface area contributed by atoms with Gasteiger partial charge in [-0.3, -0.25) is 0 Å². The summed E-state index contributed by atoms with van der Waals surface area (Å²) in [5.74, 6) is 2.53. The molecule has 2 aliphatic carbocycles. The molecule has 1 nitrogen and oxygen atoms in total. The zero-order valence-corrected chi connectivity index (χ0v) is 19.0. The lowest BCUT2D eigenvalue weighted by atomic mass is 9.63. The van der Waals surface area contributed by atoms with E-state index in [-0.39, 0.29) is 17.6 Å². The highest BCUT2D eigenvalue weighted by Crippen LogP contribution is 2.49. The average molecular weight is 427 g/mol. The van der Waals surface area contributed by atoms with E-state index in [9.17, 15) is 4.39 Å². The Kier molecular flexibility index (Phi) is 7.30. The van der Waals surface area contributed by atoms with Crippen molar-refractivity contribution in [3.63, 3.8) is 0 Å². The molecule has 0 amide bonds. The molecule has 4 unspecified atom stereocenters. The van der Waals surface area contributed by atoms with Gasteiger partial charge in [-0.2, -0.15) is 0 Å². The molecule has 0 spiro atoms. The van der Waals surface area contributed by atoms with E-state index in [4.69, 9.17) is 4.74 Å². The zero-order valence-electron chi connectivity index (χ0n) is 19.0. The first-order valence-electron chi connectivity index (χ1n) is 12.3. The molecule has 168 valence electrons. The van der Waals surface area contributed by atoms with Crippen LogP contribution in [0.4, 0.5) is 8.78 Å². The van der Waals surface area contributed by atoms with Crippen LogP contribution < -0.4 is 4.74 Å². The van der Waals surface area contributed by atoms with Gasteiger partial charge in [-0.1, -0.05) is 44.8 Å². The summed E-state index contributed by atoms with van der Waals surface area (Å²) >= 11 is 0. The van der Waals surface area contributed by atoms with Gasteiger partial charge in [0.15, 0.2) is 0 Å². The van der Waals surface area contributed by atoms with Gasteiger partial charge in [0.1, 0.15) is 24.0 Å². The molecule has 2 fully saturated rings. The molecule has 0 N–H and O–H groups in total. The number of allylic oxidation sites excluding steroid dienone is 1. The van der Waals surface area contributed by atoms with Crippen LogP contribution in [0.3, 0.4) is 0 Å². The minimum absolute atomic E-state index is 0.197. The van der Waals surface area contributed by atoms with Crippen molar-refractivity contribution in [3.8, 4) is 5.75 Å². The molecule has 2 aromatic carbocycles. The van der Waals surface area contributed by atoms with Gasteiger partial charge in [0, 0.05) is 11.5 Å². The Hall–Kier alpha value is -1.90. The van der Waals surface area contributed by atoms with Gasteiger partial charge < -0.3 is 4.74 Å². The predicted molar refractivity (Wildman–Crippen MR) is 125 cm³/mol. The first kappa shape index (κ1) is 22.3. The summed E-state index contributed by atoms with van der Waals surface area (Å²) in [6.07, 6.45) is 15.0. The Morgan fingerprint density at radius 1 is 0.968 bits per heavy atom. The Balaban J connectivity index is 1.49. The fourth-order valence-electron chi connectivity index (χ4n) is 5.99. The van der Waals surface area contributed by atoms with Crippen molar-refractivity contribution in [3.05, 3.63) is 53.6 Å². The van der Waals surface area contributed by atoms with E-state index < -0.39 is 0 Å². The van der Waals surface area contributed by atoms with Crippen LogP contribution >= 0.6 is 0 Å². The van der Waals surface area contributed by atoms with E-state index in [1.54, 1.807) is 12.1 Å². The van der Waals surface area contributed by atoms with Crippen molar-refractivity contribution in [1.29, 1.82) is 0 Å². The van der Waals surface area contributed by atoms with Crippen molar-refractivity contribution in [2.24, 2.45) is 17.8 Å². The maximum absolute atomic E-state index is 15.1. The fourth-order valence-corrected chi connectivity index (χ4v) is 5.99. The third kappa shape index (κ3) is 5.13. The summed E-state index contributed by atoms with van der Waals surface area (Å²) < 4.78 is 35.5. The molecular formula is C28H36F2O. The number of hydrogen-bond acceptors (Lipinski definition) is 1. The number of benzene rings is 2. The van der Waals surface area contributed by atoms with E-state index in [1.807, 2.05) is 19.1 Å². The van der Waals surface area contributed by atoms with E-state index in [1.165, 1.54) is 57.1 Å². The highest BCUT2D eigenvalue weighted by Gasteiger charge is 2.36. The summed E-state index contributed by atoms with van der Waals surface area (Å²) in [5.41, 5.74) is 0.709. The number of halogens is 2. The summed E-state index contributed by atoms with van der Waals surface area (Å²) in [4.78, 5) is 0. The van der Waals surface area contributed by atoms with Crippen LogP contribution in [0.2, 0.25) is 0 Å². The molecule has 0 aliphatic heterocycles. The van der Waals surface area contributed by atoms with Crippen LogP contribution in [0.1, 0.15) is 83.1 Å². The molecule has 0 radical (unpaired) electrons. The third-order valence-corrected chi connectivity index (χ3v) is 7.70. The predicted octanol–water partition coefficient (Wildman–Crippen LogP) is 8.56. The molecule has 4 atom stereocenters. The van der Waals surface area contributed by atoms with Gasteiger partial charge in [0.25, 0.3) is 0 Å². The van der Waals surface area contributed by atoms with Crippen molar-refractivity contribution < 1.29 is 13.5 Å². The maximum atomic E-state index is 15.1. The summed E-state index contributed by atoms with van der Waals surface area (Å²) in [7, 11) is 0. The average Bonchev–Trinajstić information content (AvgIpc) is 2.77. The first-order valence-corrected chi connectivity index (χ1v) is 12.3. The van der Waals surface area contributed by atoms with Crippen molar-refractivity contribution >= 4 is 10.8 Å². The molecule has 0 bridgehead atoms. The molecule has 2 aliphatic rings. The topological polar surface area (TPSA) is 9.23 Å². The molecule has 0 saturated heterocycles. The molecule has 0 heterocycles. The van der Waals surface area contributed by atoms with E-state index in [0.717, 1.165) is 24.7 Å². The third-order valence-electron chi connectivity index (χ3n) is 7.70. The standard InChI is InChI=1S/C28H36F2O/c1-3-5-7-19-8-9-21-14-22(11-10-20(21)13-19)25-18-26-23(16-27(25)29)15-24(17-28(26)30)31-12-6-4-2/h4,6,15-22H,3,5,7-14H2,1-2H3/b6-4+. The lowest BCUT2D eigenvalue weighted by molar-refractivity contribution is 0.112. The van der Waals surface area contributed by atoms with Crippen LogP contribution in [0.15, 0.2) is 36.4 Å². The second-order valence-corrected chi connectivity index (χ2v) is 9.73. The van der Waals surface area contributed by atoms with Gasteiger partial charge in [-0.25, -0.2) is 8.78 Å². The Morgan fingerprint density at radius 2 is 1.77 bits per heavy atom. The quantitative estimate of drug-likeness (QED) is 0.403. The first-order chi connectivity index (χ1) is 15.1. The second kappa shape index (κ2) is 10.1. The van der Waals surface area contributed by atoms with Crippen LogP contribution in [0, 0.1) is 29.4 Å². The Morgan fingerprint density at radius 3 is 2.58 bits per heavy atom. The molecule has 3 heteroatoms. The maximum Gasteiger partial charge on any atom is 0.134 e. The van der Waals surface area contributed by atoms with Crippen LogP contribution in [0.5, 0.6) is 5.75 Å². The van der Waals surface area contributed by atoms with E-state index in [0.29, 0.717) is 34.6 Å². The number of hydrogen-bond donors (Lipinski definition) is 0. The number of rotatable bonds is 7. The number of unbranched alkanes of at least 4 members (excludes halogenated alkanes) is 1. The summed E-state index contributed by atoms with van der Waals surface area (Å²) in [6.45, 7) is 4.56. The minimum Gasteiger partial charge on any atom is -0.489 e. The van der Waals surface area contributed by atoms with Crippen molar-refractivity contribution in [2.75, 3.05) is 6.61 Å². The summed E-state index contributed by atoms with van der Waals surface area (Å²) in [6, 6.07) is 6.43. The number of fused-ring (bicyclic) bond motifs is 2. The lowest BCUT2D eigenvalue weighted by Crippen LogP contribution is -2.30. The normalized spacial score (nSPS) is 26.3. The van der Waals surface area contributed by atoms with Crippen LogP contribution in [-0.2, 0) is 0 Å². The highest BCUT2D eigenvalue weighted by atomic mass is 19.1. The van der Waals surface area contributed by atoms with Crippen LogP contribution in [-0.4, -0.2) is 6.61 Å². The molecule has 31 heavy (non-hydrogen) atoms. The van der Waals surface area contributed by atoms with Crippen molar-refractivity contribution in [2.45, 2.75) is 77.6 Å². The molecule has 2 aromatic rings. The summed E-state index contributed by atoms with van der Waals surface area (Å²) in [5, 5.41) is 1.07. The monoisotopic (exact) mass is 426 g/mol. The van der Waals surface area contributed by atoms with Gasteiger partial charge in [0.05, 0.1) is 0 Å². The molecular weight excluding hydrogens is 390 g/mol. The highest BCUT2D eigenvalue weighted by molar-refractivity contribution is 5.85. The van der Waals surface area contributed by atoms with Gasteiger partial charge >= 0.3 is 0 Å². The van der Waals surface area contributed by atoms with Gasteiger partial charge in [0.2, 0.25) is 0 Å². The molecule has 0 aromatic heterocycles. The minimum atomic E-state index is -0.334. The van der Waals surface area contributed by atoms with Crippen molar-refractivity contribution in [1.82, 2.24) is 0 Å². The second-order valence-electron chi connectivity index (χ2n) is 9.73. The zero-order chi connectivity index (χ0) is 21.8. The molecule has 4 rings (SSSR count). The van der Waals surface area contributed by atoms with Gasteiger partial charge in [-0.05, 0) is 91.8 Å².